The van der Waals surface area contributed by atoms with Gasteiger partial charge < -0.3 is 9.64 Å². The van der Waals surface area contributed by atoms with Gasteiger partial charge in [0, 0.05) is 29.9 Å². The van der Waals surface area contributed by atoms with E-state index in [2.05, 4.69) is 12.1 Å². The number of nitriles is 2. The Labute approximate surface area is 164 Å². The number of nitrogens with zero attached hydrogens (tertiary/aromatic N) is 3. The van der Waals surface area contributed by atoms with E-state index in [1.165, 1.54) is 0 Å². The van der Waals surface area contributed by atoms with Gasteiger partial charge in [0.2, 0.25) is 0 Å². The van der Waals surface area contributed by atoms with E-state index in [1.54, 1.807) is 42.5 Å². The predicted octanol–water partition coefficient (Wildman–Crippen LogP) is 4.60. The second-order valence-electron chi connectivity index (χ2n) is 5.75. The number of ether oxygens (including phenoxy) is 1. The number of carbonyl (C=O) groups excluding carboxylic acids is 1. The number of ketones is 1. The van der Waals surface area contributed by atoms with Gasteiger partial charge in [0.25, 0.3) is 0 Å². The first kappa shape index (κ1) is 20.3. The van der Waals surface area contributed by atoms with Crippen LogP contribution in [0.1, 0.15) is 35.7 Å². The van der Waals surface area contributed by atoms with Crippen molar-refractivity contribution in [2.75, 3.05) is 24.6 Å². The average molecular weight is 382 g/mol. The van der Waals surface area contributed by atoms with E-state index in [9.17, 15) is 4.79 Å². The van der Waals surface area contributed by atoms with Gasteiger partial charge in [-0.3, -0.25) is 4.79 Å². The molecule has 0 saturated heterocycles. The first-order valence-corrected chi connectivity index (χ1v) is 9.04. The second-order valence-corrected chi connectivity index (χ2v) is 6.16. The molecule has 5 nitrogen and oxygen atoms in total. The molecular formula is C21H20ClN3O2. The maximum absolute atomic E-state index is 12.7. The number of benzene rings is 2. The van der Waals surface area contributed by atoms with Crippen LogP contribution < -0.4 is 9.64 Å². The summed E-state index contributed by atoms with van der Waals surface area (Å²) in [6.45, 7) is 3.47. The predicted molar refractivity (Wildman–Crippen MR) is 105 cm³/mol. The second kappa shape index (κ2) is 10.2. The molecule has 0 atom stereocenters. The fraction of sp³-hybridized carbons (Fsp3) is 0.286. The molecule has 0 aromatic heterocycles. The maximum Gasteiger partial charge on any atom is 0.194 e. The van der Waals surface area contributed by atoms with Crippen molar-refractivity contribution in [3.63, 3.8) is 0 Å². The number of anilines is 1. The van der Waals surface area contributed by atoms with E-state index in [0.717, 1.165) is 5.69 Å². The van der Waals surface area contributed by atoms with Crippen LogP contribution in [0.3, 0.4) is 0 Å². The summed E-state index contributed by atoms with van der Waals surface area (Å²) in [6.07, 6.45) is 0.686. The third-order valence-electron chi connectivity index (χ3n) is 3.98. The highest BCUT2D eigenvalue weighted by Gasteiger charge is 2.15. The largest absolute Gasteiger partial charge is 0.494 e. The molecule has 0 heterocycles. The van der Waals surface area contributed by atoms with E-state index in [4.69, 9.17) is 26.9 Å². The summed E-state index contributed by atoms with van der Waals surface area (Å²) in [4.78, 5) is 14.7. The van der Waals surface area contributed by atoms with Gasteiger partial charge in [0.15, 0.2) is 5.78 Å². The molecule has 0 aliphatic rings. The number of carbonyl (C=O) groups is 1. The van der Waals surface area contributed by atoms with Crippen molar-refractivity contribution >= 4 is 23.1 Å². The molecule has 6 heteroatoms. The number of hydrogen-bond donors (Lipinski definition) is 0. The molecule has 0 bridgehead atoms. The van der Waals surface area contributed by atoms with Crippen LogP contribution in [0.15, 0.2) is 42.5 Å². The summed E-state index contributed by atoms with van der Waals surface area (Å²) in [5, 5.41) is 18.0. The van der Waals surface area contributed by atoms with E-state index in [-0.39, 0.29) is 5.78 Å². The molecule has 27 heavy (non-hydrogen) atoms. The van der Waals surface area contributed by atoms with Crippen LogP contribution in [0, 0.1) is 22.7 Å². The van der Waals surface area contributed by atoms with Crippen molar-refractivity contribution in [1.29, 1.82) is 10.5 Å². The number of halogens is 1. The minimum absolute atomic E-state index is 0.171. The SMILES string of the molecule is CCOc1ccc(C(=O)c2ccc(N(CCC#N)CCC#N)cc2Cl)cc1. The zero-order valence-electron chi connectivity index (χ0n) is 15.1. The van der Waals surface area contributed by atoms with Crippen LogP contribution in [0.25, 0.3) is 0 Å². The molecule has 2 aromatic carbocycles. The molecule has 0 radical (unpaired) electrons. The Morgan fingerprint density at radius 3 is 2.22 bits per heavy atom. The van der Waals surface area contributed by atoms with E-state index >= 15 is 0 Å². The Morgan fingerprint density at radius 1 is 1.07 bits per heavy atom. The summed E-state index contributed by atoms with van der Waals surface area (Å²) >= 11 is 6.37. The lowest BCUT2D eigenvalue weighted by molar-refractivity contribution is 0.103. The Balaban J connectivity index is 2.22. The maximum atomic E-state index is 12.7. The standard InChI is InChI=1S/C21H20ClN3O2/c1-2-27-18-8-5-16(6-9-18)21(26)19-10-7-17(15-20(19)22)25(13-3-11-23)14-4-12-24/h5-10,15H,2-4,13-14H2,1H3. The zero-order chi connectivity index (χ0) is 19.6. The van der Waals surface area contributed by atoms with Crippen molar-refractivity contribution in [3.8, 4) is 17.9 Å². The third-order valence-corrected chi connectivity index (χ3v) is 4.29. The summed E-state index contributed by atoms with van der Waals surface area (Å²) in [6, 6.07) is 16.3. The molecule has 0 aliphatic heterocycles. The minimum atomic E-state index is -0.171. The first-order valence-electron chi connectivity index (χ1n) is 8.66. The highest BCUT2D eigenvalue weighted by atomic mass is 35.5. The molecule has 0 aliphatic carbocycles. The van der Waals surface area contributed by atoms with Gasteiger partial charge in [-0.15, -0.1) is 0 Å². The van der Waals surface area contributed by atoms with Gasteiger partial charge in [-0.1, -0.05) is 11.6 Å². The van der Waals surface area contributed by atoms with Crippen molar-refractivity contribution in [2.45, 2.75) is 19.8 Å². The van der Waals surface area contributed by atoms with Gasteiger partial charge in [0.1, 0.15) is 5.75 Å². The summed E-state index contributed by atoms with van der Waals surface area (Å²) < 4.78 is 5.39. The van der Waals surface area contributed by atoms with Gasteiger partial charge in [0.05, 0.1) is 36.6 Å². The first-order chi connectivity index (χ1) is 13.1. The van der Waals surface area contributed by atoms with Crippen LogP contribution in [0.2, 0.25) is 5.02 Å². The molecule has 2 rings (SSSR count). The smallest absolute Gasteiger partial charge is 0.194 e. The van der Waals surface area contributed by atoms with Crippen LogP contribution in [0.4, 0.5) is 5.69 Å². The van der Waals surface area contributed by atoms with Gasteiger partial charge in [-0.25, -0.2) is 0 Å². The Kier molecular flexibility index (Phi) is 7.67. The third kappa shape index (κ3) is 5.48. The summed E-state index contributed by atoms with van der Waals surface area (Å²) in [7, 11) is 0. The minimum Gasteiger partial charge on any atom is -0.494 e. The Morgan fingerprint density at radius 2 is 1.70 bits per heavy atom. The van der Waals surface area contributed by atoms with E-state index in [0.29, 0.717) is 54.4 Å². The van der Waals surface area contributed by atoms with Crippen molar-refractivity contribution in [2.24, 2.45) is 0 Å². The fourth-order valence-corrected chi connectivity index (χ4v) is 2.91. The zero-order valence-corrected chi connectivity index (χ0v) is 15.9. The molecule has 138 valence electrons. The normalized spacial score (nSPS) is 9.93. The lowest BCUT2D eigenvalue weighted by Gasteiger charge is -2.23. The van der Waals surface area contributed by atoms with Crippen molar-refractivity contribution in [1.82, 2.24) is 0 Å². The molecule has 0 N–H and O–H groups in total. The highest BCUT2D eigenvalue weighted by Crippen LogP contribution is 2.26. The van der Waals surface area contributed by atoms with Crippen molar-refractivity contribution < 1.29 is 9.53 Å². The van der Waals surface area contributed by atoms with Crippen molar-refractivity contribution in [3.05, 3.63) is 58.6 Å². The molecule has 0 amide bonds. The lowest BCUT2D eigenvalue weighted by atomic mass is 10.0. The van der Waals surface area contributed by atoms with E-state index in [1.807, 2.05) is 11.8 Å². The molecule has 0 fully saturated rings. The average Bonchev–Trinajstić information content (AvgIpc) is 2.68. The monoisotopic (exact) mass is 381 g/mol. The summed E-state index contributed by atoms with van der Waals surface area (Å²) in [5.41, 5.74) is 1.72. The molecule has 0 saturated carbocycles. The number of rotatable bonds is 9. The van der Waals surface area contributed by atoms with Crippen LogP contribution in [-0.2, 0) is 0 Å². The Bertz CT molecular complexity index is 848. The van der Waals surface area contributed by atoms with Gasteiger partial charge in [-0.2, -0.15) is 10.5 Å². The lowest BCUT2D eigenvalue weighted by Crippen LogP contribution is -2.25. The van der Waals surface area contributed by atoms with E-state index < -0.39 is 0 Å². The molecule has 0 spiro atoms. The molecular weight excluding hydrogens is 362 g/mol. The van der Waals surface area contributed by atoms with Crippen LogP contribution in [-0.4, -0.2) is 25.5 Å². The molecule has 0 unspecified atom stereocenters. The number of hydrogen-bond acceptors (Lipinski definition) is 5. The topological polar surface area (TPSA) is 77.1 Å². The van der Waals surface area contributed by atoms with Crippen LogP contribution in [0.5, 0.6) is 5.75 Å². The quantitative estimate of drug-likeness (QED) is 0.593. The Hall–Kier alpha value is -3.02. The van der Waals surface area contributed by atoms with Gasteiger partial charge in [-0.05, 0) is 49.4 Å². The highest BCUT2D eigenvalue weighted by molar-refractivity contribution is 6.35. The summed E-state index contributed by atoms with van der Waals surface area (Å²) in [5.74, 6) is 0.538. The molecule has 2 aromatic rings. The fourth-order valence-electron chi connectivity index (χ4n) is 2.65. The van der Waals surface area contributed by atoms with Gasteiger partial charge >= 0.3 is 0 Å². The van der Waals surface area contributed by atoms with Crippen LogP contribution >= 0.6 is 11.6 Å².